The Morgan fingerprint density at radius 2 is 2.11 bits per heavy atom. The molecule has 90 valence electrons. The molecule has 3 rings (SSSR count). The number of hydrogen-bond donors (Lipinski definition) is 1. The molecule has 0 aliphatic carbocycles. The topological polar surface area (TPSA) is 55.8 Å². The Bertz CT molecular complexity index is 685. The maximum Gasteiger partial charge on any atom is 0.371 e. The number of aliphatic carboxylic acids is 1. The van der Waals surface area contributed by atoms with Crippen LogP contribution >= 0.6 is 0 Å². The Balaban J connectivity index is 2.35. The van der Waals surface area contributed by atoms with Crippen molar-refractivity contribution in [1.29, 1.82) is 0 Å². The van der Waals surface area contributed by atoms with Crippen molar-refractivity contribution >= 4 is 22.8 Å². The van der Waals surface area contributed by atoms with E-state index < -0.39 is 5.97 Å². The van der Waals surface area contributed by atoms with Gasteiger partial charge in [0.25, 0.3) is 0 Å². The first-order chi connectivity index (χ1) is 8.70. The summed E-state index contributed by atoms with van der Waals surface area (Å²) in [7, 11) is 1.60. The summed E-state index contributed by atoms with van der Waals surface area (Å²) >= 11 is 0. The summed E-state index contributed by atoms with van der Waals surface area (Å²) in [6.07, 6.45) is 1.52. The lowest BCUT2D eigenvalue weighted by molar-refractivity contribution is -0.134. The van der Waals surface area contributed by atoms with Gasteiger partial charge in [-0.15, -0.1) is 0 Å². The summed E-state index contributed by atoms with van der Waals surface area (Å²) in [6.45, 7) is 0. The van der Waals surface area contributed by atoms with Gasteiger partial charge in [0.05, 0.1) is 7.11 Å². The van der Waals surface area contributed by atoms with Crippen LogP contribution in [0, 0.1) is 0 Å². The van der Waals surface area contributed by atoms with Gasteiger partial charge in [0.2, 0.25) is 5.76 Å². The number of carboxylic acids is 1. The SMILES string of the molecule is COc1ccc2c3c(cccc13)C=C(C(=O)O)O2. The van der Waals surface area contributed by atoms with E-state index in [0.717, 1.165) is 22.1 Å². The van der Waals surface area contributed by atoms with Crippen LogP contribution in [0.25, 0.3) is 16.8 Å². The maximum atomic E-state index is 11.0. The van der Waals surface area contributed by atoms with E-state index in [9.17, 15) is 4.79 Å². The molecule has 0 spiro atoms. The van der Waals surface area contributed by atoms with E-state index in [2.05, 4.69) is 0 Å². The highest BCUT2D eigenvalue weighted by Gasteiger charge is 2.20. The molecule has 0 saturated carbocycles. The lowest BCUT2D eigenvalue weighted by atomic mass is 10.0. The molecule has 18 heavy (non-hydrogen) atoms. The molecule has 0 bridgehead atoms. The molecule has 4 heteroatoms. The molecule has 2 aromatic rings. The van der Waals surface area contributed by atoms with E-state index >= 15 is 0 Å². The lowest BCUT2D eigenvalue weighted by Crippen LogP contribution is -2.10. The molecule has 0 fully saturated rings. The first kappa shape index (κ1) is 10.7. The number of hydrogen-bond acceptors (Lipinski definition) is 3. The fourth-order valence-corrected chi connectivity index (χ4v) is 2.15. The van der Waals surface area contributed by atoms with Gasteiger partial charge in [0, 0.05) is 10.8 Å². The van der Waals surface area contributed by atoms with Gasteiger partial charge in [-0.05, 0) is 23.8 Å². The summed E-state index contributed by atoms with van der Waals surface area (Å²) in [5.41, 5.74) is 0.824. The zero-order valence-corrected chi connectivity index (χ0v) is 9.64. The lowest BCUT2D eigenvalue weighted by Gasteiger charge is -2.17. The number of methoxy groups -OCH3 is 1. The average molecular weight is 242 g/mol. The number of benzene rings is 2. The number of ether oxygens (including phenoxy) is 2. The second kappa shape index (κ2) is 3.77. The highest BCUT2D eigenvalue weighted by atomic mass is 16.5. The molecule has 0 unspecified atom stereocenters. The Hall–Kier alpha value is -2.49. The summed E-state index contributed by atoms with van der Waals surface area (Å²) in [4.78, 5) is 11.0. The van der Waals surface area contributed by atoms with E-state index in [-0.39, 0.29) is 5.76 Å². The van der Waals surface area contributed by atoms with Crippen LogP contribution in [0.2, 0.25) is 0 Å². The third-order valence-corrected chi connectivity index (χ3v) is 2.93. The number of carboxylic acid groups (broad SMARTS) is 1. The minimum atomic E-state index is -1.08. The van der Waals surface area contributed by atoms with Crippen LogP contribution < -0.4 is 9.47 Å². The molecule has 0 radical (unpaired) electrons. The van der Waals surface area contributed by atoms with Crippen molar-refractivity contribution < 1.29 is 19.4 Å². The Morgan fingerprint density at radius 3 is 2.83 bits per heavy atom. The summed E-state index contributed by atoms with van der Waals surface area (Å²) < 4.78 is 10.7. The van der Waals surface area contributed by atoms with Gasteiger partial charge in [-0.3, -0.25) is 0 Å². The Morgan fingerprint density at radius 1 is 1.28 bits per heavy atom. The van der Waals surface area contributed by atoms with Gasteiger partial charge in [-0.2, -0.15) is 0 Å². The molecular formula is C14H10O4. The van der Waals surface area contributed by atoms with Gasteiger partial charge >= 0.3 is 5.97 Å². The van der Waals surface area contributed by atoms with Crippen LogP contribution in [-0.4, -0.2) is 18.2 Å². The molecule has 0 amide bonds. The van der Waals surface area contributed by atoms with Gasteiger partial charge in [0.15, 0.2) is 0 Å². The zero-order chi connectivity index (χ0) is 12.7. The van der Waals surface area contributed by atoms with Crippen LogP contribution in [0.15, 0.2) is 36.1 Å². The second-order valence-corrected chi connectivity index (χ2v) is 3.95. The van der Waals surface area contributed by atoms with Crippen molar-refractivity contribution in [2.75, 3.05) is 7.11 Å². The summed E-state index contributed by atoms with van der Waals surface area (Å²) in [5, 5.41) is 10.8. The molecule has 0 aromatic heterocycles. The van der Waals surface area contributed by atoms with Crippen molar-refractivity contribution in [2.45, 2.75) is 0 Å². The molecule has 2 aromatic carbocycles. The van der Waals surface area contributed by atoms with Gasteiger partial charge in [-0.25, -0.2) is 4.79 Å². The van der Waals surface area contributed by atoms with Crippen molar-refractivity contribution in [3.63, 3.8) is 0 Å². The van der Waals surface area contributed by atoms with Crippen molar-refractivity contribution in [3.8, 4) is 11.5 Å². The molecule has 1 N–H and O–H groups in total. The van der Waals surface area contributed by atoms with E-state index in [0.29, 0.717) is 5.75 Å². The molecule has 1 heterocycles. The van der Waals surface area contributed by atoms with Crippen LogP contribution in [0.1, 0.15) is 5.56 Å². The van der Waals surface area contributed by atoms with Gasteiger partial charge in [-0.1, -0.05) is 18.2 Å². The minimum absolute atomic E-state index is 0.0693. The smallest absolute Gasteiger partial charge is 0.371 e. The van der Waals surface area contributed by atoms with E-state index in [1.54, 1.807) is 19.2 Å². The predicted octanol–water partition coefficient (Wildman–Crippen LogP) is 2.67. The molecule has 1 aliphatic heterocycles. The molecular weight excluding hydrogens is 232 g/mol. The Kier molecular flexibility index (Phi) is 2.23. The van der Waals surface area contributed by atoms with Crippen LogP contribution in [0.3, 0.4) is 0 Å². The quantitative estimate of drug-likeness (QED) is 0.879. The predicted molar refractivity (Wildman–Crippen MR) is 66.7 cm³/mol. The molecule has 4 nitrogen and oxygen atoms in total. The third-order valence-electron chi connectivity index (χ3n) is 2.93. The fourth-order valence-electron chi connectivity index (χ4n) is 2.15. The standard InChI is InChI=1S/C14H10O4/c1-17-10-5-6-11-13-8(3-2-4-9(10)13)7-12(18-11)14(15)16/h2-7H,1H3,(H,15,16). The molecule has 0 atom stereocenters. The van der Waals surface area contributed by atoms with Crippen LogP contribution in [0.4, 0.5) is 0 Å². The monoisotopic (exact) mass is 242 g/mol. The number of rotatable bonds is 2. The first-order valence-electron chi connectivity index (χ1n) is 5.43. The highest BCUT2D eigenvalue weighted by Crippen LogP contribution is 2.39. The van der Waals surface area contributed by atoms with Gasteiger partial charge < -0.3 is 14.6 Å². The van der Waals surface area contributed by atoms with Crippen molar-refractivity contribution in [1.82, 2.24) is 0 Å². The van der Waals surface area contributed by atoms with E-state index in [1.165, 1.54) is 6.08 Å². The normalized spacial score (nSPS) is 12.8. The third kappa shape index (κ3) is 1.43. The Labute approximate surface area is 103 Å². The maximum absolute atomic E-state index is 11.0. The van der Waals surface area contributed by atoms with Crippen molar-refractivity contribution in [3.05, 3.63) is 41.7 Å². The molecule has 1 aliphatic rings. The fraction of sp³-hybridized carbons (Fsp3) is 0.0714. The van der Waals surface area contributed by atoms with Crippen LogP contribution in [-0.2, 0) is 4.79 Å². The number of carbonyl (C=O) groups is 1. The van der Waals surface area contributed by atoms with Crippen molar-refractivity contribution in [2.24, 2.45) is 0 Å². The molecule has 0 saturated heterocycles. The van der Waals surface area contributed by atoms with Crippen LogP contribution in [0.5, 0.6) is 11.5 Å². The summed E-state index contributed by atoms with van der Waals surface area (Å²) in [5.74, 6) is 0.140. The summed E-state index contributed by atoms with van der Waals surface area (Å²) in [6, 6.07) is 9.14. The van der Waals surface area contributed by atoms with E-state index in [4.69, 9.17) is 14.6 Å². The van der Waals surface area contributed by atoms with E-state index in [1.807, 2.05) is 18.2 Å². The van der Waals surface area contributed by atoms with Gasteiger partial charge in [0.1, 0.15) is 11.5 Å². The minimum Gasteiger partial charge on any atom is -0.496 e. The first-order valence-corrected chi connectivity index (χ1v) is 5.43. The highest BCUT2D eigenvalue weighted by molar-refractivity contribution is 6.04. The largest absolute Gasteiger partial charge is 0.496 e. The average Bonchev–Trinajstić information content (AvgIpc) is 2.39. The zero-order valence-electron chi connectivity index (χ0n) is 9.64. The second-order valence-electron chi connectivity index (χ2n) is 3.95.